The second kappa shape index (κ2) is 3.73. The van der Waals surface area contributed by atoms with Gasteiger partial charge in [0, 0.05) is 11.8 Å². The van der Waals surface area contributed by atoms with Crippen LogP contribution in [0.2, 0.25) is 0 Å². The van der Waals surface area contributed by atoms with Crippen LogP contribution in [0.15, 0.2) is 0 Å². The fourth-order valence-electron chi connectivity index (χ4n) is 1.76. The number of ether oxygens (including phenoxy) is 1. The summed E-state index contributed by atoms with van der Waals surface area (Å²) < 4.78 is 5.33. The van der Waals surface area contributed by atoms with E-state index in [0.717, 1.165) is 6.42 Å². The predicted octanol–water partition coefficient (Wildman–Crippen LogP) is 0.747. The first-order valence-corrected chi connectivity index (χ1v) is 4.59. The van der Waals surface area contributed by atoms with Crippen molar-refractivity contribution in [1.82, 2.24) is 0 Å². The summed E-state index contributed by atoms with van der Waals surface area (Å²) in [5, 5.41) is 19.1. The van der Waals surface area contributed by atoms with E-state index in [9.17, 15) is 10.2 Å². The van der Waals surface area contributed by atoms with Gasteiger partial charge in [0.05, 0.1) is 12.2 Å². The summed E-state index contributed by atoms with van der Waals surface area (Å²) in [4.78, 5) is 0. The van der Waals surface area contributed by atoms with Crippen molar-refractivity contribution in [3.05, 3.63) is 0 Å². The second-order valence-electron chi connectivity index (χ2n) is 3.68. The number of aliphatic hydroxyl groups is 2. The maximum Gasteiger partial charge on any atom is 0.159 e. The van der Waals surface area contributed by atoms with Crippen molar-refractivity contribution >= 4 is 0 Å². The number of hydrogen-bond donors (Lipinski definition) is 2. The SMILES string of the molecule is CC[C@H]1OC(O)[C@@H](C)[C@@H](O)[C@@H]1C. The Bertz CT molecular complexity index is 144. The van der Waals surface area contributed by atoms with Gasteiger partial charge in [0.15, 0.2) is 6.29 Å². The van der Waals surface area contributed by atoms with Crippen molar-refractivity contribution in [1.29, 1.82) is 0 Å². The van der Waals surface area contributed by atoms with E-state index in [4.69, 9.17) is 4.74 Å². The molecule has 1 heterocycles. The Kier molecular flexibility index (Phi) is 3.09. The van der Waals surface area contributed by atoms with E-state index in [1.54, 1.807) is 6.92 Å². The molecule has 0 aliphatic carbocycles. The molecule has 2 N–H and O–H groups in total. The third kappa shape index (κ3) is 1.63. The summed E-state index contributed by atoms with van der Waals surface area (Å²) in [5.74, 6) is -0.0591. The summed E-state index contributed by atoms with van der Waals surface area (Å²) in [6, 6.07) is 0. The molecule has 5 atom stereocenters. The van der Waals surface area contributed by atoms with E-state index in [1.165, 1.54) is 0 Å². The minimum Gasteiger partial charge on any atom is -0.392 e. The van der Waals surface area contributed by atoms with Gasteiger partial charge in [-0.3, -0.25) is 0 Å². The molecular formula is C9H18O3. The highest BCUT2D eigenvalue weighted by Crippen LogP contribution is 2.30. The topological polar surface area (TPSA) is 49.7 Å². The molecule has 1 saturated heterocycles. The molecule has 0 aromatic heterocycles. The average Bonchev–Trinajstić information content (AvgIpc) is 2.08. The highest BCUT2D eigenvalue weighted by Gasteiger charge is 2.38. The minimum atomic E-state index is -0.804. The molecule has 0 saturated carbocycles. The molecule has 1 unspecified atom stereocenters. The van der Waals surface area contributed by atoms with Gasteiger partial charge >= 0.3 is 0 Å². The molecule has 3 nitrogen and oxygen atoms in total. The Morgan fingerprint density at radius 1 is 1.17 bits per heavy atom. The molecule has 1 rings (SSSR count). The van der Waals surface area contributed by atoms with Crippen molar-refractivity contribution in [3.63, 3.8) is 0 Å². The third-order valence-corrected chi connectivity index (χ3v) is 2.83. The van der Waals surface area contributed by atoms with Gasteiger partial charge in [-0.25, -0.2) is 0 Å². The lowest BCUT2D eigenvalue weighted by molar-refractivity contribution is -0.241. The Labute approximate surface area is 73.4 Å². The van der Waals surface area contributed by atoms with E-state index in [1.807, 2.05) is 13.8 Å². The van der Waals surface area contributed by atoms with E-state index in [-0.39, 0.29) is 17.9 Å². The normalized spacial score (nSPS) is 49.2. The van der Waals surface area contributed by atoms with Gasteiger partial charge in [-0.15, -0.1) is 0 Å². The molecule has 1 fully saturated rings. The van der Waals surface area contributed by atoms with Crippen LogP contribution in [-0.2, 0) is 4.74 Å². The molecule has 0 radical (unpaired) electrons. The van der Waals surface area contributed by atoms with Gasteiger partial charge in [-0.1, -0.05) is 20.8 Å². The summed E-state index contributed by atoms with van der Waals surface area (Å²) in [5.41, 5.74) is 0. The molecule has 72 valence electrons. The number of aliphatic hydroxyl groups excluding tert-OH is 2. The average molecular weight is 174 g/mol. The predicted molar refractivity (Wildman–Crippen MR) is 45.5 cm³/mol. The van der Waals surface area contributed by atoms with Crippen molar-refractivity contribution in [2.45, 2.75) is 45.7 Å². The molecule has 3 heteroatoms. The largest absolute Gasteiger partial charge is 0.392 e. The van der Waals surface area contributed by atoms with Gasteiger partial charge in [0.2, 0.25) is 0 Å². The Morgan fingerprint density at radius 3 is 2.25 bits per heavy atom. The van der Waals surface area contributed by atoms with E-state index in [0.29, 0.717) is 0 Å². The smallest absolute Gasteiger partial charge is 0.159 e. The number of hydrogen-bond acceptors (Lipinski definition) is 3. The molecule has 0 amide bonds. The standard InChI is InChI=1S/C9H18O3/c1-4-7-5(2)8(10)6(3)9(11)12-7/h5-11H,4H2,1-3H3/t5-,6+,7-,8+,9?/m1/s1. The van der Waals surface area contributed by atoms with Gasteiger partial charge in [-0.2, -0.15) is 0 Å². The van der Waals surface area contributed by atoms with Crippen LogP contribution in [0.5, 0.6) is 0 Å². The molecule has 0 spiro atoms. The first kappa shape index (κ1) is 9.96. The summed E-state index contributed by atoms with van der Waals surface area (Å²) in [7, 11) is 0. The summed E-state index contributed by atoms with van der Waals surface area (Å²) >= 11 is 0. The van der Waals surface area contributed by atoms with Crippen LogP contribution < -0.4 is 0 Å². The quantitative estimate of drug-likeness (QED) is 0.616. The summed E-state index contributed by atoms with van der Waals surface area (Å²) in [6.45, 7) is 5.76. The van der Waals surface area contributed by atoms with Gasteiger partial charge in [-0.05, 0) is 6.42 Å². The summed E-state index contributed by atoms with van der Waals surface area (Å²) in [6.07, 6.45) is -0.423. The van der Waals surface area contributed by atoms with Crippen molar-refractivity contribution in [2.75, 3.05) is 0 Å². The molecular weight excluding hydrogens is 156 g/mol. The van der Waals surface area contributed by atoms with Crippen LogP contribution in [0.4, 0.5) is 0 Å². The molecule has 0 aromatic carbocycles. The maximum atomic E-state index is 9.68. The van der Waals surface area contributed by atoms with Gasteiger partial charge in [0.25, 0.3) is 0 Å². The molecule has 0 bridgehead atoms. The Morgan fingerprint density at radius 2 is 1.75 bits per heavy atom. The zero-order valence-corrected chi connectivity index (χ0v) is 7.90. The van der Waals surface area contributed by atoms with Crippen LogP contribution in [0, 0.1) is 11.8 Å². The van der Waals surface area contributed by atoms with Gasteiger partial charge < -0.3 is 14.9 Å². The zero-order chi connectivity index (χ0) is 9.30. The first-order valence-electron chi connectivity index (χ1n) is 4.59. The first-order chi connectivity index (χ1) is 5.57. The van der Waals surface area contributed by atoms with Gasteiger partial charge in [0.1, 0.15) is 0 Å². The molecule has 12 heavy (non-hydrogen) atoms. The lowest BCUT2D eigenvalue weighted by Crippen LogP contribution is -2.48. The highest BCUT2D eigenvalue weighted by atomic mass is 16.6. The van der Waals surface area contributed by atoms with Crippen molar-refractivity contribution in [3.8, 4) is 0 Å². The Hall–Kier alpha value is -0.120. The van der Waals surface area contributed by atoms with Crippen LogP contribution in [0.1, 0.15) is 27.2 Å². The fourth-order valence-corrected chi connectivity index (χ4v) is 1.76. The second-order valence-corrected chi connectivity index (χ2v) is 3.68. The minimum absolute atomic E-state index is 0.00815. The van der Waals surface area contributed by atoms with E-state index < -0.39 is 12.4 Å². The molecule has 1 aliphatic rings. The van der Waals surface area contributed by atoms with Crippen LogP contribution in [0.3, 0.4) is 0 Å². The number of rotatable bonds is 1. The van der Waals surface area contributed by atoms with Crippen LogP contribution in [-0.4, -0.2) is 28.7 Å². The van der Waals surface area contributed by atoms with E-state index >= 15 is 0 Å². The molecule has 1 aliphatic heterocycles. The monoisotopic (exact) mass is 174 g/mol. The van der Waals surface area contributed by atoms with Crippen molar-refractivity contribution < 1.29 is 14.9 Å². The zero-order valence-electron chi connectivity index (χ0n) is 7.90. The highest BCUT2D eigenvalue weighted by molar-refractivity contribution is 4.83. The Balaban J connectivity index is 2.63. The third-order valence-electron chi connectivity index (χ3n) is 2.83. The van der Waals surface area contributed by atoms with Crippen molar-refractivity contribution in [2.24, 2.45) is 11.8 Å². The van der Waals surface area contributed by atoms with Crippen LogP contribution in [0.25, 0.3) is 0 Å². The fraction of sp³-hybridized carbons (Fsp3) is 1.00. The van der Waals surface area contributed by atoms with Crippen LogP contribution >= 0.6 is 0 Å². The maximum absolute atomic E-state index is 9.68. The molecule has 0 aromatic rings. The lowest BCUT2D eigenvalue weighted by atomic mass is 9.85. The lowest BCUT2D eigenvalue weighted by Gasteiger charge is -2.40. The van der Waals surface area contributed by atoms with E-state index in [2.05, 4.69) is 0 Å².